The number of anilines is 4. The van der Waals surface area contributed by atoms with E-state index in [1.54, 1.807) is 97.1 Å². The first-order valence-electron chi connectivity index (χ1n) is 12.5. The van der Waals surface area contributed by atoms with Crippen LogP contribution in [0.2, 0.25) is 0 Å². The second kappa shape index (κ2) is 11.4. The molecular formula is C32H26N4O5. The van der Waals surface area contributed by atoms with Crippen LogP contribution < -0.4 is 31.6 Å². The standard InChI is InChI=1S/C32H26N4O5/c33-22-1-9-27(10-2-22)40-29-13-5-24(6-14-29)36(32(39)21-17-20(31(35)38)18-26(37)19-21)25-7-15-30(16-8-25)41-28-11-3-23(34)4-12-28/h1-19,37H,33-34H2,(H2,35,38). The SMILES string of the molecule is NC(=O)c1cc(O)cc(C(=O)N(c2ccc(Oc3ccc(N)cc3)cc2)c2ccc(Oc3ccc(N)cc3)cc2)c1. The normalized spacial score (nSPS) is 10.5. The lowest BCUT2D eigenvalue weighted by atomic mass is 10.1. The van der Waals surface area contributed by atoms with Gasteiger partial charge >= 0.3 is 0 Å². The summed E-state index contributed by atoms with van der Waals surface area (Å²) in [4.78, 5) is 27.1. The Kier molecular flexibility index (Phi) is 7.42. The molecule has 0 radical (unpaired) electrons. The van der Waals surface area contributed by atoms with Gasteiger partial charge in [-0.25, -0.2) is 0 Å². The molecule has 0 aliphatic rings. The average molecular weight is 547 g/mol. The maximum Gasteiger partial charge on any atom is 0.262 e. The zero-order valence-corrected chi connectivity index (χ0v) is 21.7. The van der Waals surface area contributed by atoms with Crippen molar-refractivity contribution in [2.75, 3.05) is 16.4 Å². The number of ether oxygens (including phenoxy) is 2. The van der Waals surface area contributed by atoms with Gasteiger partial charge in [0.15, 0.2) is 0 Å². The number of nitrogen functional groups attached to an aromatic ring is 2. The minimum absolute atomic E-state index is 0.00721. The third kappa shape index (κ3) is 6.37. The molecule has 0 aromatic heterocycles. The van der Waals surface area contributed by atoms with Crippen molar-refractivity contribution in [2.24, 2.45) is 5.73 Å². The number of rotatable bonds is 8. The fraction of sp³-hybridized carbons (Fsp3) is 0. The lowest BCUT2D eigenvalue weighted by molar-refractivity contribution is 0.0998. The second-order valence-corrected chi connectivity index (χ2v) is 9.10. The first-order valence-corrected chi connectivity index (χ1v) is 12.5. The van der Waals surface area contributed by atoms with Gasteiger partial charge in [0, 0.05) is 33.9 Å². The number of nitrogens with zero attached hydrogens (tertiary/aromatic N) is 1. The molecule has 5 aromatic rings. The van der Waals surface area contributed by atoms with Gasteiger partial charge in [0.1, 0.15) is 28.7 Å². The molecule has 0 aliphatic carbocycles. The monoisotopic (exact) mass is 546 g/mol. The van der Waals surface area contributed by atoms with Crippen LogP contribution in [0, 0.1) is 0 Å². The van der Waals surface area contributed by atoms with Gasteiger partial charge in [-0.15, -0.1) is 0 Å². The molecule has 0 heterocycles. The average Bonchev–Trinajstić information content (AvgIpc) is 2.97. The van der Waals surface area contributed by atoms with Crippen LogP contribution in [0.3, 0.4) is 0 Å². The highest BCUT2D eigenvalue weighted by molar-refractivity contribution is 6.12. The third-order valence-electron chi connectivity index (χ3n) is 6.07. The zero-order chi connectivity index (χ0) is 28.9. The molecule has 0 saturated carbocycles. The van der Waals surface area contributed by atoms with Crippen molar-refractivity contribution in [2.45, 2.75) is 0 Å². The molecule has 5 aromatic carbocycles. The van der Waals surface area contributed by atoms with E-state index in [0.717, 1.165) is 0 Å². The molecule has 204 valence electrons. The zero-order valence-electron chi connectivity index (χ0n) is 21.7. The molecule has 7 N–H and O–H groups in total. The van der Waals surface area contributed by atoms with Crippen LogP contribution >= 0.6 is 0 Å². The molecule has 0 fully saturated rings. The summed E-state index contributed by atoms with van der Waals surface area (Å²) in [6.45, 7) is 0. The highest BCUT2D eigenvalue weighted by Crippen LogP contribution is 2.33. The van der Waals surface area contributed by atoms with Crippen molar-refractivity contribution in [3.8, 4) is 28.7 Å². The van der Waals surface area contributed by atoms with Crippen molar-refractivity contribution < 1.29 is 24.2 Å². The van der Waals surface area contributed by atoms with Gasteiger partial charge in [0.05, 0.1) is 0 Å². The first-order chi connectivity index (χ1) is 19.7. The largest absolute Gasteiger partial charge is 0.508 e. The van der Waals surface area contributed by atoms with E-state index in [4.69, 9.17) is 26.7 Å². The lowest BCUT2D eigenvalue weighted by Gasteiger charge is -2.24. The highest BCUT2D eigenvalue weighted by Gasteiger charge is 2.22. The summed E-state index contributed by atoms with van der Waals surface area (Å²) in [7, 11) is 0. The van der Waals surface area contributed by atoms with Crippen LogP contribution in [0.1, 0.15) is 20.7 Å². The summed E-state index contributed by atoms with van der Waals surface area (Å²) < 4.78 is 11.8. The van der Waals surface area contributed by atoms with Crippen LogP contribution in [0.4, 0.5) is 22.7 Å². The fourth-order valence-corrected chi connectivity index (χ4v) is 4.06. The van der Waals surface area contributed by atoms with Gasteiger partial charge < -0.3 is 31.8 Å². The number of phenols is 1. The Morgan fingerprint density at radius 3 is 1.32 bits per heavy atom. The summed E-state index contributed by atoms with van der Waals surface area (Å²) in [5.41, 5.74) is 19.2. The first kappa shape index (κ1) is 26.6. The molecule has 0 atom stereocenters. The molecule has 41 heavy (non-hydrogen) atoms. The maximum atomic E-state index is 13.9. The number of phenolic OH excluding ortho intramolecular Hbond substituents is 1. The number of aromatic hydroxyl groups is 1. The van der Waals surface area contributed by atoms with Gasteiger partial charge in [-0.05, 0) is 115 Å². The minimum Gasteiger partial charge on any atom is -0.508 e. The van der Waals surface area contributed by atoms with Crippen LogP contribution in [-0.2, 0) is 0 Å². The van der Waals surface area contributed by atoms with Crippen molar-refractivity contribution in [3.63, 3.8) is 0 Å². The Hall–Kier alpha value is -5.96. The Balaban J connectivity index is 1.48. The number of nitrogens with two attached hydrogens (primary N) is 3. The van der Waals surface area contributed by atoms with E-state index in [-0.39, 0.29) is 16.9 Å². The maximum absolute atomic E-state index is 13.9. The number of carbonyl (C=O) groups is 2. The molecular weight excluding hydrogens is 520 g/mol. The molecule has 9 heteroatoms. The lowest BCUT2D eigenvalue weighted by Crippen LogP contribution is -2.26. The van der Waals surface area contributed by atoms with E-state index in [9.17, 15) is 14.7 Å². The summed E-state index contributed by atoms with van der Waals surface area (Å²) in [6.07, 6.45) is 0. The number of carbonyl (C=O) groups excluding carboxylic acids is 2. The Bertz CT molecular complexity index is 1590. The molecule has 2 amide bonds. The molecule has 0 unspecified atom stereocenters. The number of primary amides is 1. The molecule has 0 spiro atoms. The van der Waals surface area contributed by atoms with E-state index >= 15 is 0 Å². The topological polar surface area (TPSA) is 154 Å². The smallest absolute Gasteiger partial charge is 0.262 e. The Labute approximate surface area is 236 Å². The van der Waals surface area contributed by atoms with Gasteiger partial charge in [-0.1, -0.05) is 0 Å². The van der Waals surface area contributed by atoms with E-state index in [0.29, 0.717) is 45.7 Å². The fourth-order valence-electron chi connectivity index (χ4n) is 4.06. The predicted molar refractivity (Wildman–Crippen MR) is 158 cm³/mol. The number of hydrogen-bond donors (Lipinski definition) is 4. The molecule has 9 nitrogen and oxygen atoms in total. The quantitative estimate of drug-likeness (QED) is 0.168. The number of benzene rings is 5. The molecule has 0 bridgehead atoms. The van der Waals surface area contributed by atoms with Gasteiger partial charge in [0.25, 0.3) is 5.91 Å². The van der Waals surface area contributed by atoms with Crippen LogP contribution in [0.15, 0.2) is 115 Å². The second-order valence-electron chi connectivity index (χ2n) is 9.10. The Morgan fingerprint density at radius 1 is 0.561 bits per heavy atom. The summed E-state index contributed by atoms with van der Waals surface area (Å²) in [5.74, 6) is 0.783. The van der Waals surface area contributed by atoms with Crippen LogP contribution in [0.25, 0.3) is 0 Å². The van der Waals surface area contributed by atoms with E-state index in [2.05, 4.69) is 0 Å². The summed E-state index contributed by atoms with van der Waals surface area (Å²) in [6, 6.07) is 31.6. The van der Waals surface area contributed by atoms with Crippen molar-refractivity contribution in [1.29, 1.82) is 0 Å². The van der Waals surface area contributed by atoms with Crippen LogP contribution in [-0.4, -0.2) is 16.9 Å². The third-order valence-corrected chi connectivity index (χ3v) is 6.07. The van der Waals surface area contributed by atoms with Crippen LogP contribution in [0.5, 0.6) is 28.7 Å². The highest BCUT2D eigenvalue weighted by atomic mass is 16.5. The van der Waals surface area contributed by atoms with Crippen molar-refractivity contribution >= 4 is 34.6 Å². The Morgan fingerprint density at radius 2 is 0.927 bits per heavy atom. The van der Waals surface area contributed by atoms with E-state index in [1.807, 2.05) is 0 Å². The molecule has 5 rings (SSSR count). The molecule has 0 aliphatic heterocycles. The summed E-state index contributed by atoms with van der Waals surface area (Å²) >= 11 is 0. The van der Waals surface area contributed by atoms with Crippen molar-refractivity contribution in [1.82, 2.24) is 0 Å². The predicted octanol–water partition coefficient (Wildman–Crippen LogP) is 6.22. The minimum atomic E-state index is -0.769. The summed E-state index contributed by atoms with van der Waals surface area (Å²) in [5, 5.41) is 10.2. The van der Waals surface area contributed by atoms with Gasteiger partial charge in [-0.3, -0.25) is 14.5 Å². The number of amides is 2. The van der Waals surface area contributed by atoms with Crippen molar-refractivity contribution in [3.05, 3.63) is 126 Å². The van der Waals surface area contributed by atoms with E-state index < -0.39 is 11.8 Å². The molecule has 0 saturated heterocycles. The van der Waals surface area contributed by atoms with Gasteiger partial charge in [-0.2, -0.15) is 0 Å². The van der Waals surface area contributed by atoms with E-state index in [1.165, 1.54) is 23.1 Å². The number of hydrogen-bond acceptors (Lipinski definition) is 7. The van der Waals surface area contributed by atoms with Gasteiger partial charge in [0.2, 0.25) is 5.91 Å².